The second-order valence-corrected chi connectivity index (χ2v) is 7.00. The number of aromatic nitrogens is 2. The number of ether oxygens (including phenoxy) is 1. The molecule has 6 nitrogen and oxygen atoms in total. The SMILES string of the molecule is COc1ccc(/C=N\NC(=O)c2cc(-c3ccc(C)cc3)n(-c3ccccc3)n2)cc1. The third kappa shape index (κ3) is 4.70. The molecule has 154 valence electrons. The van der Waals surface area contributed by atoms with Crippen LogP contribution >= 0.6 is 0 Å². The van der Waals surface area contributed by atoms with Crippen molar-refractivity contribution in [1.29, 1.82) is 0 Å². The van der Waals surface area contributed by atoms with Crippen LogP contribution in [-0.4, -0.2) is 29.0 Å². The van der Waals surface area contributed by atoms with E-state index in [9.17, 15) is 4.79 Å². The Morgan fingerprint density at radius 3 is 2.39 bits per heavy atom. The Hall–Kier alpha value is -4.19. The van der Waals surface area contributed by atoms with Crippen LogP contribution in [0.5, 0.6) is 5.75 Å². The first-order chi connectivity index (χ1) is 15.1. The molecular formula is C25H22N4O2. The van der Waals surface area contributed by atoms with Crippen molar-refractivity contribution >= 4 is 12.1 Å². The van der Waals surface area contributed by atoms with E-state index in [1.807, 2.05) is 85.8 Å². The third-order valence-electron chi connectivity index (χ3n) is 4.79. The van der Waals surface area contributed by atoms with Gasteiger partial charge in [-0.05, 0) is 55.0 Å². The number of hydrazone groups is 1. The number of aryl methyl sites for hydroxylation is 1. The van der Waals surface area contributed by atoms with E-state index in [4.69, 9.17) is 4.74 Å². The molecule has 1 heterocycles. The summed E-state index contributed by atoms with van der Waals surface area (Å²) in [5.74, 6) is 0.379. The van der Waals surface area contributed by atoms with Crippen molar-refractivity contribution in [3.63, 3.8) is 0 Å². The maximum absolute atomic E-state index is 12.7. The lowest BCUT2D eigenvalue weighted by Crippen LogP contribution is -2.18. The quantitative estimate of drug-likeness (QED) is 0.372. The van der Waals surface area contributed by atoms with Crippen molar-refractivity contribution in [2.45, 2.75) is 6.92 Å². The van der Waals surface area contributed by atoms with Gasteiger partial charge in [-0.2, -0.15) is 10.2 Å². The molecule has 0 aliphatic rings. The average molecular weight is 410 g/mol. The van der Waals surface area contributed by atoms with Crippen LogP contribution in [0.2, 0.25) is 0 Å². The molecule has 1 amide bonds. The molecule has 0 saturated carbocycles. The summed E-state index contributed by atoms with van der Waals surface area (Å²) in [6.45, 7) is 2.04. The summed E-state index contributed by atoms with van der Waals surface area (Å²) < 4.78 is 6.91. The zero-order valence-corrected chi connectivity index (χ0v) is 17.3. The number of hydrogen-bond donors (Lipinski definition) is 1. The zero-order valence-electron chi connectivity index (χ0n) is 17.3. The molecule has 31 heavy (non-hydrogen) atoms. The van der Waals surface area contributed by atoms with Gasteiger partial charge in [-0.25, -0.2) is 10.1 Å². The average Bonchev–Trinajstić information content (AvgIpc) is 3.26. The molecule has 4 aromatic rings. The van der Waals surface area contributed by atoms with E-state index in [0.717, 1.165) is 28.3 Å². The number of amides is 1. The molecule has 0 unspecified atom stereocenters. The molecule has 3 aromatic carbocycles. The van der Waals surface area contributed by atoms with Gasteiger partial charge in [0.2, 0.25) is 0 Å². The summed E-state index contributed by atoms with van der Waals surface area (Å²) in [6, 6.07) is 27.0. The van der Waals surface area contributed by atoms with Gasteiger partial charge in [0, 0.05) is 5.56 Å². The van der Waals surface area contributed by atoms with E-state index < -0.39 is 0 Å². The monoisotopic (exact) mass is 410 g/mol. The molecule has 4 rings (SSSR count). The van der Waals surface area contributed by atoms with Crippen molar-refractivity contribution < 1.29 is 9.53 Å². The van der Waals surface area contributed by atoms with E-state index in [-0.39, 0.29) is 11.6 Å². The van der Waals surface area contributed by atoms with E-state index in [1.165, 1.54) is 5.56 Å². The Balaban J connectivity index is 1.59. The molecule has 0 atom stereocenters. The second-order valence-electron chi connectivity index (χ2n) is 7.00. The number of para-hydroxylation sites is 1. The van der Waals surface area contributed by atoms with Gasteiger partial charge in [0.05, 0.1) is 24.7 Å². The van der Waals surface area contributed by atoms with Crippen molar-refractivity contribution in [2.75, 3.05) is 7.11 Å². The standard InChI is InChI=1S/C25H22N4O2/c1-18-8-12-20(13-9-18)24-16-23(28-29(24)21-6-4-3-5-7-21)25(30)27-26-17-19-10-14-22(31-2)15-11-19/h3-17H,1-2H3,(H,27,30)/b26-17-. The van der Waals surface area contributed by atoms with Crippen LogP contribution in [0.4, 0.5) is 0 Å². The van der Waals surface area contributed by atoms with Gasteiger partial charge >= 0.3 is 0 Å². The maximum Gasteiger partial charge on any atom is 0.291 e. The predicted octanol–water partition coefficient (Wildman–Crippen LogP) is 4.62. The zero-order chi connectivity index (χ0) is 21.6. The first-order valence-electron chi connectivity index (χ1n) is 9.84. The third-order valence-corrected chi connectivity index (χ3v) is 4.79. The number of benzene rings is 3. The number of carbonyl (C=O) groups excluding carboxylic acids is 1. The van der Waals surface area contributed by atoms with E-state index in [2.05, 4.69) is 15.6 Å². The lowest BCUT2D eigenvalue weighted by atomic mass is 10.1. The number of nitrogens with one attached hydrogen (secondary N) is 1. The Labute approximate surface area is 180 Å². The highest BCUT2D eigenvalue weighted by Crippen LogP contribution is 2.24. The van der Waals surface area contributed by atoms with E-state index in [0.29, 0.717) is 0 Å². The van der Waals surface area contributed by atoms with Crippen molar-refractivity contribution in [2.24, 2.45) is 5.10 Å². The van der Waals surface area contributed by atoms with Crippen molar-refractivity contribution in [1.82, 2.24) is 15.2 Å². The summed E-state index contributed by atoms with van der Waals surface area (Å²) in [7, 11) is 1.61. The van der Waals surface area contributed by atoms with Crippen LogP contribution in [0.1, 0.15) is 21.6 Å². The van der Waals surface area contributed by atoms with Gasteiger partial charge in [0.15, 0.2) is 5.69 Å². The molecule has 1 aromatic heterocycles. The summed E-state index contributed by atoms with van der Waals surface area (Å²) in [5.41, 5.74) is 7.52. The lowest BCUT2D eigenvalue weighted by molar-refractivity contribution is 0.0949. The summed E-state index contributed by atoms with van der Waals surface area (Å²) in [6.07, 6.45) is 1.58. The largest absolute Gasteiger partial charge is 0.497 e. The number of nitrogens with zero attached hydrogens (tertiary/aromatic N) is 3. The highest BCUT2D eigenvalue weighted by molar-refractivity contribution is 5.94. The molecule has 0 radical (unpaired) electrons. The van der Waals surface area contributed by atoms with Gasteiger partial charge in [-0.3, -0.25) is 4.79 Å². The number of carbonyl (C=O) groups is 1. The van der Waals surface area contributed by atoms with Gasteiger partial charge in [0.25, 0.3) is 5.91 Å². The molecule has 6 heteroatoms. The van der Waals surface area contributed by atoms with Gasteiger partial charge in [-0.15, -0.1) is 0 Å². The van der Waals surface area contributed by atoms with Gasteiger partial charge < -0.3 is 4.74 Å². The summed E-state index contributed by atoms with van der Waals surface area (Å²) in [4.78, 5) is 12.7. The highest BCUT2D eigenvalue weighted by Gasteiger charge is 2.16. The predicted molar refractivity (Wildman–Crippen MR) is 122 cm³/mol. The fourth-order valence-electron chi connectivity index (χ4n) is 3.10. The van der Waals surface area contributed by atoms with E-state index >= 15 is 0 Å². The van der Waals surface area contributed by atoms with Crippen LogP contribution in [0.25, 0.3) is 16.9 Å². The van der Waals surface area contributed by atoms with E-state index in [1.54, 1.807) is 24.1 Å². The molecule has 0 spiro atoms. The Morgan fingerprint density at radius 1 is 1.00 bits per heavy atom. The van der Waals surface area contributed by atoms with Crippen LogP contribution < -0.4 is 10.2 Å². The minimum Gasteiger partial charge on any atom is -0.497 e. The Morgan fingerprint density at radius 2 is 1.71 bits per heavy atom. The minimum absolute atomic E-state index is 0.284. The topological polar surface area (TPSA) is 68.5 Å². The molecule has 1 N–H and O–H groups in total. The maximum atomic E-state index is 12.7. The fourth-order valence-corrected chi connectivity index (χ4v) is 3.10. The van der Waals surface area contributed by atoms with Crippen LogP contribution in [-0.2, 0) is 0 Å². The number of hydrogen-bond acceptors (Lipinski definition) is 4. The van der Waals surface area contributed by atoms with Crippen LogP contribution in [0.3, 0.4) is 0 Å². The van der Waals surface area contributed by atoms with Crippen LogP contribution in [0.15, 0.2) is 90.0 Å². The smallest absolute Gasteiger partial charge is 0.291 e. The fraction of sp³-hybridized carbons (Fsp3) is 0.0800. The van der Waals surface area contributed by atoms with Gasteiger partial charge in [0.1, 0.15) is 5.75 Å². The number of rotatable bonds is 6. The molecular weight excluding hydrogens is 388 g/mol. The van der Waals surface area contributed by atoms with Gasteiger partial charge in [-0.1, -0.05) is 48.0 Å². The normalized spacial score (nSPS) is 10.9. The Kier molecular flexibility index (Phi) is 5.89. The lowest BCUT2D eigenvalue weighted by Gasteiger charge is -2.07. The molecule has 0 aliphatic carbocycles. The first kappa shape index (κ1) is 20.1. The highest BCUT2D eigenvalue weighted by atomic mass is 16.5. The Bertz CT molecular complexity index is 1190. The van der Waals surface area contributed by atoms with Crippen LogP contribution in [0, 0.1) is 6.92 Å². The second kappa shape index (κ2) is 9.09. The van der Waals surface area contributed by atoms with Crippen molar-refractivity contribution in [3.8, 4) is 22.7 Å². The molecule has 0 fully saturated rings. The molecule has 0 bridgehead atoms. The molecule has 0 aliphatic heterocycles. The first-order valence-corrected chi connectivity index (χ1v) is 9.84. The number of methoxy groups -OCH3 is 1. The minimum atomic E-state index is -0.382. The molecule has 0 saturated heterocycles. The van der Waals surface area contributed by atoms with Crippen molar-refractivity contribution in [3.05, 3.63) is 102 Å². The summed E-state index contributed by atoms with van der Waals surface area (Å²) >= 11 is 0. The summed E-state index contributed by atoms with van der Waals surface area (Å²) in [5, 5.41) is 8.60.